The molecule has 0 fully saturated rings. The molecule has 20 heavy (non-hydrogen) atoms. The molecule has 0 unspecified atom stereocenters. The maximum atomic E-state index is 11.7. The number of hydrogen-bond acceptors (Lipinski definition) is 1. The number of allylic oxidation sites excluding steroid dienone is 1. The fraction of sp³-hybridized carbons (Fsp3) is 0.438. The Morgan fingerprint density at radius 3 is 2.55 bits per heavy atom. The highest BCUT2D eigenvalue weighted by molar-refractivity contribution is 9.10. The molecule has 0 bridgehead atoms. The van der Waals surface area contributed by atoms with Crippen molar-refractivity contribution in [2.24, 2.45) is 5.41 Å². The average Bonchev–Trinajstić information content (AvgIpc) is 2.37. The van der Waals surface area contributed by atoms with E-state index in [0.29, 0.717) is 6.54 Å². The largest absolute Gasteiger partial charge is 0.338 e. The minimum absolute atomic E-state index is 0.0716. The van der Waals surface area contributed by atoms with Gasteiger partial charge in [-0.3, -0.25) is 0 Å². The molecule has 0 saturated heterocycles. The van der Waals surface area contributed by atoms with E-state index in [1.54, 1.807) is 6.20 Å². The van der Waals surface area contributed by atoms with Crippen LogP contribution >= 0.6 is 15.9 Å². The van der Waals surface area contributed by atoms with Crippen molar-refractivity contribution in [2.75, 3.05) is 6.54 Å². The fourth-order valence-electron chi connectivity index (χ4n) is 1.45. The lowest BCUT2D eigenvalue weighted by atomic mass is 9.88. The van der Waals surface area contributed by atoms with E-state index >= 15 is 0 Å². The van der Waals surface area contributed by atoms with Crippen molar-refractivity contribution in [1.29, 1.82) is 0 Å². The van der Waals surface area contributed by atoms with Gasteiger partial charge < -0.3 is 10.6 Å². The van der Waals surface area contributed by atoms with Gasteiger partial charge in [-0.2, -0.15) is 0 Å². The van der Waals surface area contributed by atoms with Crippen LogP contribution < -0.4 is 10.6 Å². The van der Waals surface area contributed by atoms with E-state index in [0.717, 1.165) is 16.5 Å². The molecule has 0 spiro atoms. The van der Waals surface area contributed by atoms with Gasteiger partial charge in [-0.05, 0) is 30.4 Å². The normalized spacial score (nSPS) is 12.2. The molecule has 1 aromatic rings. The smallest absolute Gasteiger partial charge is 0.318 e. The predicted molar refractivity (Wildman–Crippen MR) is 87.6 cm³/mol. The number of urea groups is 1. The van der Waals surface area contributed by atoms with Crippen LogP contribution in [0.15, 0.2) is 40.5 Å². The van der Waals surface area contributed by atoms with Gasteiger partial charge in [-0.1, -0.05) is 60.5 Å². The van der Waals surface area contributed by atoms with Crippen molar-refractivity contribution in [3.05, 3.63) is 46.1 Å². The molecule has 2 N–H and O–H groups in total. The second-order valence-corrected chi connectivity index (χ2v) is 6.67. The number of amides is 2. The number of carbonyl (C=O) groups excluding carboxylic acids is 1. The molecule has 0 aliphatic heterocycles. The third kappa shape index (κ3) is 5.78. The summed E-state index contributed by atoms with van der Waals surface area (Å²) >= 11 is 3.50. The van der Waals surface area contributed by atoms with Crippen LogP contribution in [0.4, 0.5) is 4.79 Å². The van der Waals surface area contributed by atoms with Gasteiger partial charge in [0.25, 0.3) is 0 Å². The van der Waals surface area contributed by atoms with Crippen LogP contribution in [-0.4, -0.2) is 12.6 Å². The summed E-state index contributed by atoms with van der Waals surface area (Å²) in [5.74, 6) is 0. The summed E-state index contributed by atoms with van der Waals surface area (Å²) in [7, 11) is 0. The van der Waals surface area contributed by atoms with Crippen molar-refractivity contribution >= 4 is 22.0 Å². The molecule has 4 heteroatoms. The van der Waals surface area contributed by atoms with Gasteiger partial charge in [0.2, 0.25) is 0 Å². The van der Waals surface area contributed by atoms with Crippen LogP contribution in [0.5, 0.6) is 0 Å². The van der Waals surface area contributed by atoms with Crippen molar-refractivity contribution in [3.8, 4) is 0 Å². The van der Waals surface area contributed by atoms with Crippen LogP contribution in [0.1, 0.15) is 33.3 Å². The third-order valence-electron chi connectivity index (χ3n) is 3.24. The summed E-state index contributed by atoms with van der Waals surface area (Å²) in [6.07, 6.45) is 2.57. The van der Waals surface area contributed by atoms with Crippen LogP contribution in [0.25, 0.3) is 0 Å². The molecule has 0 aliphatic carbocycles. The lowest BCUT2D eigenvalue weighted by Gasteiger charge is -2.19. The summed E-state index contributed by atoms with van der Waals surface area (Å²) in [6.45, 7) is 8.97. The minimum Gasteiger partial charge on any atom is -0.338 e. The first-order valence-electron chi connectivity index (χ1n) is 6.75. The first kappa shape index (κ1) is 16.8. The highest BCUT2D eigenvalue weighted by Crippen LogP contribution is 2.23. The van der Waals surface area contributed by atoms with E-state index in [1.807, 2.05) is 31.2 Å². The standard InChI is InChI=1S/C16H23BrN2O/c1-12(16(2,3)4)11-19-15(20)18-10-9-13-7-5-6-8-14(13)17/h5-8,11H,9-10H2,1-4H3,(H2,18,19,20)/b12-11+. The molecular weight excluding hydrogens is 316 g/mol. The van der Waals surface area contributed by atoms with Gasteiger partial charge in [0, 0.05) is 17.2 Å². The number of carbonyl (C=O) groups is 1. The number of hydrogen-bond donors (Lipinski definition) is 2. The van der Waals surface area contributed by atoms with Gasteiger partial charge in [-0.25, -0.2) is 4.79 Å². The molecule has 110 valence electrons. The Bertz CT molecular complexity index is 489. The molecule has 0 radical (unpaired) electrons. The van der Waals surface area contributed by atoms with Gasteiger partial charge in [-0.15, -0.1) is 0 Å². The molecule has 0 heterocycles. The molecule has 3 nitrogen and oxygen atoms in total. The molecule has 1 aromatic carbocycles. The lowest BCUT2D eigenvalue weighted by Crippen LogP contribution is -2.34. The summed E-state index contributed by atoms with van der Waals surface area (Å²) in [5.41, 5.74) is 2.40. The maximum absolute atomic E-state index is 11.7. The molecule has 0 saturated carbocycles. The van der Waals surface area contributed by atoms with Crippen molar-refractivity contribution in [3.63, 3.8) is 0 Å². The number of rotatable bonds is 4. The topological polar surface area (TPSA) is 41.1 Å². The summed E-state index contributed by atoms with van der Waals surface area (Å²) in [6, 6.07) is 7.86. The van der Waals surface area contributed by atoms with E-state index in [1.165, 1.54) is 5.56 Å². The number of benzene rings is 1. The van der Waals surface area contributed by atoms with E-state index in [-0.39, 0.29) is 11.4 Å². The molecular formula is C16H23BrN2O. The first-order valence-corrected chi connectivity index (χ1v) is 7.55. The quantitative estimate of drug-likeness (QED) is 0.846. The molecule has 1 rings (SSSR count). The number of halogens is 1. The Hall–Kier alpha value is -1.29. The van der Waals surface area contributed by atoms with E-state index in [4.69, 9.17) is 0 Å². The van der Waals surface area contributed by atoms with Crippen LogP contribution in [-0.2, 0) is 6.42 Å². The lowest BCUT2D eigenvalue weighted by molar-refractivity contribution is 0.244. The zero-order chi connectivity index (χ0) is 15.2. The Kier molecular flexibility index (Phi) is 6.27. The zero-order valence-electron chi connectivity index (χ0n) is 12.6. The monoisotopic (exact) mass is 338 g/mol. The van der Waals surface area contributed by atoms with E-state index in [9.17, 15) is 4.79 Å². The average molecular weight is 339 g/mol. The predicted octanol–water partition coefficient (Wildman–Crippen LogP) is 4.24. The van der Waals surface area contributed by atoms with Crippen LogP contribution in [0, 0.1) is 5.41 Å². The van der Waals surface area contributed by atoms with E-state index in [2.05, 4.69) is 47.3 Å². The molecule has 0 atom stereocenters. The third-order valence-corrected chi connectivity index (χ3v) is 4.01. The van der Waals surface area contributed by atoms with E-state index < -0.39 is 0 Å². The molecule has 0 aromatic heterocycles. The van der Waals surface area contributed by atoms with Crippen LogP contribution in [0.3, 0.4) is 0 Å². The Morgan fingerprint density at radius 2 is 1.95 bits per heavy atom. The fourth-order valence-corrected chi connectivity index (χ4v) is 1.94. The SMILES string of the molecule is C/C(=C\NC(=O)NCCc1ccccc1Br)C(C)(C)C. The Balaban J connectivity index is 2.36. The first-order chi connectivity index (χ1) is 9.30. The maximum Gasteiger partial charge on any atom is 0.318 e. The summed E-state index contributed by atoms with van der Waals surface area (Å²) in [4.78, 5) is 11.7. The van der Waals surface area contributed by atoms with Crippen molar-refractivity contribution < 1.29 is 4.79 Å². The molecule has 2 amide bonds. The summed E-state index contributed by atoms with van der Waals surface area (Å²) in [5, 5.41) is 5.62. The highest BCUT2D eigenvalue weighted by atomic mass is 79.9. The van der Waals surface area contributed by atoms with Crippen molar-refractivity contribution in [2.45, 2.75) is 34.1 Å². The molecule has 0 aliphatic rings. The van der Waals surface area contributed by atoms with Crippen molar-refractivity contribution in [1.82, 2.24) is 10.6 Å². The zero-order valence-corrected chi connectivity index (χ0v) is 14.2. The Labute approximate surface area is 130 Å². The van der Waals surface area contributed by atoms with Gasteiger partial charge >= 0.3 is 6.03 Å². The number of nitrogens with one attached hydrogen (secondary N) is 2. The Morgan fingerprint density at radius 1 is 1.30 bits per heavy atom. The van der Waals surface area contributed by atoms with Crippen LogP contribution in [0.2, 0.25) is 0 Å². The highest BCUT2D eigenvalue weighted by Gasteiger charge is 2.12. The van der Waals surface area contributed by atoms with Gasteiger partial charge in [0.15, 0.2) is 0 Å². The summed E-state index contributed by atoms with van der Waals surface area (Å²) < 4.78 is 1.07. The second-order valence-electron chi connectivity index (χ2n) is 5.82. The second kappa shape index (κ2) is 7.48. The van der Waals surface area contributed by atoms with Gasteiger partial charge in [0.1, 0.15) is 0 Å². The van der Waals surface area contributed by atoms with Gasteiger partial charge in [0.05, 0.1) is 0 Å². The minimum atomic E-state index is -0.166.